The van der Waals surface area contributed by atoms with Gasteiger partial charge in [-0.25, -0.2) is 4.98 Å². The zero-order valence-corrected chi connectivity index (χ0v) is 15.6. The van der Waals surface area contributed by atoms with E-state index in [2.05, 4.69) is 38.8 Å². The van der Waals surface area contributed by atoms with Gasteiger partial charge in [-0.3, -0.25) is 9.89 Å². The van der Waals surface area contributed by atoms with Crippen molar-refractivity contribution >= 4 is 5.91 Å². The maximum Gasteiger partial charge on any atom is 0.257 e. The number of likely N-dealkylation sites (tertiary alicyclic amines) is 1. The van der Waals surface area contributed by atoms with Gasteiger partial charge in [-0.15, -0.1) is 0 Å². The lowest BCUT2D eigenvalue weighted by Crippen LogP contribution is -2.44. The lowest BCUT2D eigenvalue weighted by atomic mass is 9.97. The highest BCUT2D eigenvalue weighted by Gasteiger charge is 2.29. The molecule has 1 unspecified atom stereocenters. The zero-order chi connectivity index (χ0) is 18.6. The Bertz CT molecular complexity index is 899. The van der Waals surface area contributed by atoms with Crippen LogP contribution in [0.25, 0.3) is 11.3 Å². The number of aromatic amines is 1. The molecule has 0 radical (unpaired) electrons. The highest BCUT2D eigenvalue weighted by Crippen LogP contribution is 2.27. The van der Waals surface area contributed by atoms with Gasteiger partial charge in [0.05, 0.1) is 23.8 Å². The fourth-order valence-corrected chi connectivity index (χ4v) is 3.91. The maximum absolute atomic E-state index is 13.4. The van der Waals surface area contributed by atoms with Crippen LogP contribution >= 0.6 is 0 Å². The Morgan fingerprint density at radius 3 is 3.07 bits per heavy atom. The third-order valence-electron chi connectivity index (χ3n) is 5.34. The van der Waals surface area contributed by atoms with Gasteiger partial charge < -0.3 is 9.47 Å². The minimum Gasteiger partial charge on any atom is -0.337 e. The van der Waals surface area contributed by atoms with Crippen molar-refractivity contribution in [2.45, 2.75) is 45.2 Å². The van der Waals surface area contributed by atoms with E-state index >= 15 is 0 Å². The van der Waals surface area contributed by atoms with Crippen LogP contribution < -0.4 is 0 Å². The average molecular weight is 363 g/mol. The summed E-state index contributed by atoms with van der Waals surface area (Å²) in [5.41, 5.74) is 3.64. The van der Waals surface area contributed by atoms with Crippen molar-refractivity contribution in [2.75, 3.05) is 6.54 Å². The summed E-state index contributed by atoms with van der Waals surface area (Å²) < 4.78 is 2.08. The minimum atomic E-state index is 0.0792. The van der Waals surface area contributed by atoms with Crippen molar-refractivity contribution in [3.05, 3.63) is 60.3 Å². The van der Waals surface area contributed by atoms with Gasteiger partial charge in [0.1, 0.15) is 0 Å². The van der Waals surface area contributed by atoms with E-state index in [1.165, 1.54) is 6.42 Å². The molecule has 27 heavy (non-hydrogen) atoms. The quantitative estimate of drug-likeness (QED) is 0.752. The van der Waals surface area contributed by atoms with Crippen molar-refractivity contribution in [3.8, 4) is 11.3 Å². The molecule has 3 heterocycles. The summed E-state index contributed by atoms with van der Waals surface area (Å²) in [7, 11) is 0. The number of piperidine rings is 1. The maximum atomic E-state index is 13.4. The molecular weight excluding hydrogens is 338 g/mol. The van der Waals surface area contributed by atoms with E-state index in [0.29, 0.717) is 5.56 Å². The molecule has 3 aromatic rings. The van der Waals surface area contributed by atoms with E-state index in [1.54, 1.807) is 12.4 Å². The van der Waals surface area contributed by atoms with E-state index in [0.717, 1.165) is 49.2 Å². The molecule has 1 aromatic carbocycles. The second-order valence-electron chi connectivity index (χ2n) is 7.27. The summed E-state index contributed by atoms with van der Waals surface area (Å²) in [6.45, 7) is 3.74. The summed E-state index contributed by atoms with van der Waals surface area (Å²) in [4.78, 5) is 19.5. The molecule has 1 aliphatic rings. The van der Waals surface area contributed by atoms with Crippen molar-refractivity contribution in [1.82, 2.24) is 24.6 Å². The Balaban J connectivity index is 1.55. The third kappa shape index (κ3) is 3.79. The monoisotopic (exact) mass is 363 g/mol. The minimum absolute atomic E-state index is 0.0792. The number of imidazole rings is 1. The molecule has 0 bridgehead atoms. The number of H-pyrrole nitrogens is 1. The smallest absolute Gasteiger partial charge is 0.257 e. The van der Waals surface area contributed by atoms with Crippen molar-refractivity contribution in [1.29, 1.82) is 0 Å². The number of carbonyl (C=O) groups is 1. The zero-order valence-electron chi connectivity index (χ0n) is 15.6. The predicted octanol–water partition coefficient (Wildman–Crippen LogP) is 3.67. The Labute approximate surface area is 159 Å². The molecule has 1 N–H and O–H groups in total. The topological polar surface area (TPSA) is 66.8 Å². The molecule has 1 fully saturated rings. The van der Waals surface area contributed by atoms with E-state index in [9.17, 15) is 4.79 Å². The highest BCUT2D eigenvalue weighted by atomic mass is 16.2. The summed E-state index contributed by atoms with van der Waals surface area (Å²) in [6, 6.07) is 8.42. The molecule has 4 rings (SSSR count). The summed E-state index contributed by atoms with van der Waals surface area (Å²) >= 11 is 0. The SMILES string of the molecule is Cc1cccc(-c2[nH]ncc2C(=O)N2CCCCC2CCn2ccnc2)c1. The molecule has 0 saturated carbocycles. The van der Waals surface area contributed by atoms with Crippen LogP contribution in [0.2, 0.25) is 0 Å². The lowest BCUT2D eigenvalue weighted by molar-refractivity contribution is 0.0596. The third-order valence-corrected chi connectivity index (χ3v) is 5.34. The lowest BCUT2D eigenvalue weighted by Gasteiger charge is -2.36. The van der Waals surface area contributed by atoms with Crippen molar-refractivity contribution in [2.24, 2.45) is 0 Å². The predicted molar refractivity (Wildman–Crippen MR) is 104 cm³/mol. The van der Waals surface area contributed by atoms with Gasteiger partial charge in [0.15, 0.2) is 0 Å². The molecular formula is C21H25N5O. The molecule has 2 aromatic heterocycles. The average Bonchev–Trinajstić information content (AvgIpc) is 3.38. The second kappa shape index (κ2) is 7.78. The van der Waals surface area contributed by atoms with Gasteiger partial charge in [0.2, 0.25) is 0 Å². The number of amides is 1. The largest absolute Gasteiger partial charge is 0.337 e. The number of nitrogens with zero attached hydrogens (tertiary/aromatic N) is 4. The van der Waals surface area contributed by atoms with Gasteiger partial charge in [-0.1, -0.05) is 23.8 Å². The fourth-order valence-electron chi connectivity index (χ4n) is 3.91. The number of nitrogens with one attached hydrogen (secondary N) is 1. The first kappa shape index (κ1) is 17.5. The summed E-state index contributed by atoms with van der Waals surface area (Å²) in [5, 5.41) is 7.20. The van der Waals surface area contributed by atoms with E-state index < -0.39 is 0 Å². The Hall–Kier alpha value is -2.89. The Morgan fingerprint density at radius 2 is 2.26 bits per heavy atom. The van der Waals surface area contributed by atoms with E-state index in [4.69, 9.17) is 0 Å². The van der Waals surface area contributed by atoms with Crippen LogP contribution in [0.4, 0.5) is 0 Å². The molecule has 1 aliphatic heterocycles. The number of aromatic nitrogens is 4. The van der Waals surface area contributed by atoms with Crippen molar-refractivity contribution in [3.63, 3.8) is 0 Å². The first-order valence-electron chi connectivity index (χ1n) is 9.59. The van der Waals surface area contributed by atoms with Gasteiger partial charge in [0, 0.05) is 37.1 Å². The molecule has 1 atom stereocenters. The van der Waals surface area contributed by atoms with Gasteiger partial charge in [-0.2, -0.15) is 5.10 Å². The first-order valence-corrected chi connectivity index (χ1v) is 9.59. The molecule has 6 nitrogen and oxygen atoms in total. The van der Waals surface area contributed by atoms with Crippen LogP contribution in [0.1, 0.15) is 41.6 Å². The molecule has 140 valence electrons. The van der Waals surface area contributed by atoms with Gasteiger partial charge in [-0.05, 0) is 38.7 Å². The van der Waals surface area contributed by atoms with Crippen LogP contribution in [0.5, 0.6) is 0 Å². The molecule has 1 amide bonds. The number of hydrogen-bond acceptors (Lipinski definition) is 3. The summed E-state index contributed by atoms with van der Waals surface area (Å²) in [6.07, 6.45) is 11.5. The number of rotatable bonds is 5. The second-order valence-corrected chi connectivity index (χ2v) is 7.27. The fraction of sp³-hybridized carbons (Fsp3) is 0.381. The van der Waals surface area contributed by atoms with Crippen LogP contribution in [0.3, 0.4) is 0 Å². The van der Waals surface area contributed by atoms with Gasteiger partial charge >= 0.3 is 0 Å². The molecule has 0 spiro atoms. The number of carbonyl (C=O) groups excluding carboxylic acids is 1. The normalized spacial score (nSPS) is 17.2. The van der Waals surface area contributed by atoms with E-state index in [-0.39, 0.29) is 11.9 Å². The Morgan fingerprint density at radius 1 is 1.33 bits per heavy atom. The van der Waals surface area contributed by atoms with Crippen molar-refractivity contribution < 1.29 is 4.79 Å². The number of hydrogen-bond donors (Lipinski definition) is 1. The van der Waals surface area contributed by atoms with Gasteiger partial charge in [0.25, 0.3) is 5.91 Å². The first-order chi connectivity index (χ1) is 13.2. The molecule has 1 saturated heterocycles. The summed E-state index contributed by atoms with van der Waals surface area (Å²) in [5.74, 6) is 0.0792. The number of aryl methyl sites for hydroxylation is 2. The number of benzene rings is 1. The highest BCUT2D eigenvalue weighted by molar-refractivity contribution is 6.00. The standard InChI is InChI=1S/C21H25N5O/c1-16-5-4-6-17(13-16)20-19(14-23-24-20)21(27)26-10-3-2-7-18(26)8-11-25-12-9-22-15-25/h4-6,9,12-15,18H,2-3,7-8,10-11H2,1H3,(H,23,24). The van der Waals surface area contributed by atoms with E-state index in [1.807, 2.05) is 29.6 Å². The van der Waals surface area contributed by atoms with Crippen LogP contribution in [0, 0.1) is 6.92 Å². The van der Waals surface area contributed by atoms with Crippen LogP contribution in [-0.4, -0.2) is 43.1 Å². The molecule has 6 heteroatoms. The Kier molecular flexibility index (Phi) is 5.05. The molecule has 0 aliphatic carbocycles. The van der Waals surface area contributed by atoms with Crippen LogP contribution in [-0.2, 0) is 6.54 Å². The van der Waals surface area contributed by atoms with Crippen LogP contribution in [0.15, 0.2) is 49.2 Å².